The first kappa shape index (κ1) is 27.9. The zero-order chi connectivity index (χ0) is 32.8. The van der Waals surface area contributed by atoms with Gasteiger partial charge in [-0.15, -0.1) is 11.3 Å². The second-order valence-corrected chi connectivity index (χ2v) is 14.5. The first-order valence-corrected chi connectivity index (χ1v) is 18.2. The van der Waals surface area contributed by atoms with Gasteiger partial charge in [-0.2, -0.15) is 0 Å². The summed E-state index contributed by atoms with van der Waals surface area (Å²) in [5.74, 6) is 0. The summed E-state index contributed by atoms with van der Waals surface area (Å²) >= 11 is 1.89. The number of fused-ring (bicyclic) bond motifs is 11. The number of benzene rings is 8. The summed E-state index contributed by atoms with van der Waals surface area (Å²) < 4.78 is 8.94. The molecule has 1 nitrogen and oxygen atoms in total. The van der Waals surface area contributed by atoms with Crippen LogP contribution in [0.5, 0.6) is 0 Å². The summed E-state index contributed by atoms with van der Waals surface area (Å²) in [4.78, 5) is 0. The van der Waals surface area contributed by atoms with E-state index < -0.39 is 0 Å². The number of hydrogen-bond donors (Lipinski definition) is 0. The monoisotopic (exact) mass is 654 g/mol. The summed E-state index contributed by atoms with van der Waals surface area (Å²) in [6.07, 6.45) is 8.90. The second-order valence-electron chi connectivity index (χ2n) is 13.5. The Hall–Kier alpha value is -5.96. The van der Waals surface area contributed by atoms with Gasteiger partial charge in [-0.05, 0) is 97.4 Å². The minimum atomic E-state index is 0.938. The number of allylic oxidation sites excluding steroid dienone is 4. The zero-order valence-electron chi connectivity index (χ0n) is 27.2. The van der Waals surface area contributed by atoms with Gasteiger partial charge < -0.3 is 4.42 Å². The van der Waals surface area contributed by atoms with Crippen molar-refractivity contribution in [2.45, 2.75) is 12.8 Å². The lowest BCUT2D eigenvalue weighted by molar-refractivity contribution is 0.669. The summed E-state index contributed by atoms with van der Waals surface area (Å²) in [5.41, 5.74) is 9.70. The molecule has 0 spiro atoms. The zero-order valence-corrected chi connectivity index (χ0v) is 28.1. The van der Waals surface area contributed by atoms with E-state index >= 15 is 0 Å². The highest BCUT2D eigenvalue weighted by Crippen LogP contribution is 2.47. The van der Waals surface area contributed by atoms with Crippen LogP contribution in [0.4, 0.5) is 0 Å². The van der Waals surface area contributed by atoms with E-state index in [0.717, 1.165) is 24.0 Å². The molecule has 2 aromatic heterocycles. The predicted molar refractivity (Wildman–Crippen MR) is 216 cm³/mol. The van der Waals surface area contributed by atoms with E-state index in [4.69, 9.17) is 4.42 Å². The molecule has 1 aliphatic rings. The van der Waals surface area contributed by atoms with Gasteiger partial charge in [0.05, 0.1) is 0 Å². The molecule has 0 N–H and O–H groups in total. The number of furan rings is 1. The van der Waals surface area contributed by atoms with Gasteiger partial charge in [0.25, 0.3) is 0 Å². The van der Waals surface area contributed by atoms with Gasteiger partial charge in [0.1, 0.15) is 11.2 Å². The maximum Gasteiger partial charge on any atom is 0.136 e. The molecule has 0 unspecified atom stereocenters. The molecule has 0 bridgehead atoms. The average molecular weight is 655 g/mol. The Kier molecular flexibility index (Phi) is 6.02. The van der Waals surface area contributed by atoms with Gasteiger partial charge in [-0.1, -0.05) is 133 Å². The molecule has 0 atom stereocenters. The van der Waals surface area contributed by atoms with Gasteiger partial charge in [0, 0.05) is 36.3 Å². The molecule has 50 heavy (non-hydrogen) atoms. The van der Waals surface area contributed by atoms with Crippen LogP contribution in [0.3, 0.4) is 0 Å². The summed E-state index contributed by atoms with van der Waals surface area (Å²) in [7, 11) is 0. The molecule has 1 aliphatic carbocycles. The third-order valence-electron chi connectivity index (χ3n) is 10.7. The van der Waals surface area contributed by atoms with E-state index in [2.05, 4.69) is 152 Å². The Morgan fingerprint density at radius 1 is 0.480 bits per heavy atom. The van der Waals surface area contributed by atoms with Gasteiger partial charge in [0.15, 0.2) is 0 Å². The molecule has 11 rings (SSSR count). The molecule has 0 fully saturated rings. The minimum Gasteiger partial charge on any atom is -0.456 e. The van der Waals surface area contributed by atoms with Crippen molar-refractivity contribution in [2.24, 2.45) is 0 Å². The van der Waals surface area contributed by atoms with E-state index in [0.29, 0.717) is 0 Å². The van der Waals surface area contributed by atoms with Crippen LogP contribution < -0.4 is 0 Å². The van der Waals surface area contributed by atoms with Gasteiger partial charge in [-0.25, -0.2) is 0 Å². The molecule has 10 aromatic rings. The van der Waals surface area contributed by atoms with Crippen molar-refractivity contribution in [1.82, 2.24) is 0 Å². The van der Waals surface area contributed by atoms with Crippen LogP contribution in [0.1, 0.15) is 18.4 Å². The smallest absolute Gasteiger partial charge is 0.136 e. The molecule has 0 radical (unpaired) electrons. The molecule has 234 valence electrons. The van der Waals surface area contributed by atoms with Gasteiger partial charge in [-0.3, -0.25) is 0 Å². The van der Waals surface area contributed by atoms with Gasteiger partial charge in [0.2, 0.25) is 0 Å². The Labute approximate surface area is 293 Å². The quantitative estimate of drug-likeness (QED) is 0.173. The topological polar surface area (TPSA) is 13.1 Å². The number of hydrogen-bond acceptors (Lipinski definition) is 2. The van der Waals surface area contributed by atoms with Crippen LogP contribution in [0, 0.1) is 0 Å². The maximum absolute atomic E-state index is 6.32. The molecule has 2 heteroatoms. The van der Waals surface area contributed by atoms with Crippen LogP contribution in [-0.4, -0.2) is 0 Å². The van der Waals surface area contributed by atoms with Crippen molar-refractivity contribution in [2.75, 3.05) is 0 Å². The highest BCUT2D eigenvalue weighted by Gasteiger charge is 2.19. The summed E-state index contributed by atoms with van der Waals surface area (Å²) in [6, 6.07) is 51.6. The predicted octanol–water partition coefficient (Wildman–Crippen LogP) is 14.5. The van der Waals surface area contributed by atoms with Crippen LogP contribution in [-0.2, 0) is 0 Å². The molecule has 2 heterocycles. The van der Waals surface area contributed by atoms with Crippen molar-refractivity contribution >= 4 is 91.3 Å². The number of para-hydroxylation sites is 1. The lowest BCUT2D eigenvalue weighted by Gasteiger charge is -2.18. The van der Waals surface area contributed by atoms with Crippen molar-refractivity contribution in [1.29, 1.82) is 0 Å². The molecule has 0 saturated heterocycles. The SMILES string of the molecule is C1=CCCC(c2ccc(-c3c4ccccc4c(-c4ccc5sc6c(ccc7ccc8oc9ccccc9c8c76)c5c4)c4ccccc34)cc2)=C1. The standard InChI is InChI=1S/C48H30OS/c1-2-10-29(11-3-1)30-18-20-31(21-19-30)44-34-12-4-6-14-36(34)45(37-15-7-5-13-35(37)44)33-24-27-43-40(28-33)38-25-22-32-23-26-42-47(46(32)48(38)50-43)39-16-8-9-17-41(39)49-42/h1-2,4-10,12-28H,3,11H2. The number of rotatable bonds is 3. The first-order valence-electron chi connectivity index (χ1n) is 17.4. The summed E-state index contributed by atoms with van der Waals surface area (Å²) in [5, 5.41) is 12.6. The first-order chi connectivity index (χ1) is 24.8. The van der Waals surface area contributed by atoms with E-state index in [1.807, 2.05) is 17.4 Å². The normalized spacial score (nSPS) is 13.5. The van der Waals surface area contributed by atoms with Crippen LogP contribution in [0.15, 0.2) is 162 Å². The molecule has 0 saturated carbocycles. The fourth-order valence-corrected chi connectivity index (χ4v) is 9.70. The second kappa shape index (κ2) is 10.8. The van der Waals surface area contributed by atoms with E-state index in [9.17, 15) is 0 Å². The highest BCUT2D eigenvalue weighted by atomic mass is 32.1. The van der Waals surface area contributed by atoms with Gasteiger partial charge >= 0.3 is 0 Å². The van der Waals surface area contributed by atoms with Crippen molar-refractivity contribution in [3.8, 4) is 22.3 Å². The molecule has 0 amide bonds. The third kappa shape index (κ3) is 4.06. The summed E-state index contributed by atoms with van der Waals surface area (Å²) in [6.45, 7) is 0. The minimum absolute atomic E-state index is 0.938. The maximum atomic E-state index is 6.32. The molecule has 8 aromatic carbocycles. The highest BCUT2D eigenvalue weighted by molar-refractivity contribution is 7.26. The Morgan fingerprint density at radius 3 is 1.84 bits per heavy atom. The Morgan fingerprint density at radius 2 is 1.12 bits per heavy atom. The van der Waals surface area contributed by atoms with Crippen LogP contribution >= 0.6 is 11.3 Å². The van der Waals surface area contributed by atoms with E-state index in [-0.39, 0.29) is 0 Å². The Bertz CT molecular complexity index is 3020. The Balaban J connectivity index is 1.15. The van der Waals surface area contributed by atoms with Crippen molar-refractivity contribution in [3.63, 3.8) is 0 Å². The molecular formula is C48H30OS. The third-order valence-corrected chi connectivity index (χ3v) is 11.9. The molecular weight excluding hydrogens is 625 g/mol. The lowest BCUT2D eigenvalue weighted by Crippen LogP contribution is -1.92. The van der Waals surface area contributed by atoms with Crippen molar-refractivity contribution < 1.29 is 4.42 Å². The number of thiophene rings is 1. The van der Waals surface area contributed by atoms with E-state index in [1.165, 1.54) is 96.7 Å². The molecule has 0 aliphatic heterocycles. The van der Waals surface area contributed by atoms with Crippen LogP contribution in [0.25, 0.3) is 102 Å². The average Bonchev–Trinajstić information content (AvgIpc) is 3.75. The fourth-order valence-electron chi connectivity index (χ4n) is 8.46. The van der Waals surface area contributed by atoms with E-state index in [1.54, 1.807) is 0 Å². The lowest BCUT2D eigenvalue weighted by atomic mass is 9.85. The van der Waals surface area contributed by atoms with Crippen molar-refractivity contribution in [3.05, 3.63) is 163 Å². The van der Waals surface area contributed by atoms with Crippen LogP contribution in [0.2, 0.25) is 0 Å². The largest absolute Gasteiger partial charge is 0.456 e. The fraction of sp³-hybridized carbons (Fsp3) is 0.0417.